The van der Waals surface area contributed by atoms with Gasteiger partial charge >= 0.3 is 0 Å². The number of halogens is 4. The van der Waals surface area contributed by atoms with E-state index in [-0.39, 0.29) is 0 Å². The Morgan fingerprint density at radius 2 is 0.500 bits per heavy atom. The molecule has 8 N–H and O–H groups in total. The summed E-state index contributed by atoms with van der Waals surface area (Å²) in [6, 6.07) is 29.0. The summed E-state index contributed by atoms with van der Waals surface area (Å²) in [6.07, 6.45) is 0. The van der Waals surface area contributed by atoms with Gasteiger partial charge in [0.25, 0.3) is 0 Å². The third-order valence-corrected chi connectivity index (χ3v) is 6.76. The van der Waals surface area contributed by atoms with E-state index < -0.39 is 0 Å². The molecule has 0 aromatic heterocycles. The van der Waals surface area contributed by atoms with Crippen molar-refractivity contribution in [3.8, 4) is 0 Å². The minimum Gasteiger partial charge on any atom is -0.389 e. The van der Waals surface area contributed by atoms with Crippen molar-refractivity contribution in [2.45, 2.75) is 0 Å². The van der Waals surface area contributed by atoms with E-state index in [9.17, 15) is 0 Å². The van der Waals surface area contributed by atoms with Gasteiger partial charge in [-0.15, -0.1) is 0 Å². The van der Waals surface area contributed by atoms with E-state index in [0.29, 0.717) is 40.0 Å². The average Bonchev–Trinajstić information content (AvgIpc) is 2.90. The molecule has 0 bridgehead atoms. The first kappa shape index (κ1) is 35.6. The second-order valence-electron chi connectivity index (χ2n) is 7.38. The molecule has 0 radical (unpaired) electrons. The van der Waals surface area contributed by atoms with Gasteiger partial charge in [0.05, 0.1) is 20.1 Å². The molecule has 0 aliphatic heterocycles. The molecular weight excluding hydrogens is 662 g/mol. The van der Waals surface area contributed by atoms with E-state index >= 15 is 0 Å². The third kappa shape index (κ3) is 12.8. The molecular formula is C28H24Cl4N4S4. The Morgan fingerprint density at radius 3 is 0.600 bits per heavy atom. The van der Waals surface area contributed by atoms with Gasteiger partial charge in [-0.25, -0.2) is 0 Å². The first-order valence-electron chi connectivity index (χ1n) is 11.0. The van der Waals surface area contributed by atoms with Crippen LogP contribution < -0.4 is 22.9 Å². The highest BCUT2D eigenvalue weighted by molar-refractivity contribution is 7.81. The topological polar surface area (TPSA) is 104 Å². The van der Waals surface area contributed by atoms with Crippen LogP contribution in [0.3, 0.4) is 0 Å². The summed E-state index contributed by atoms with van der Waals surface area (Å²) in [5.41, 5.74) is 24.4. The summed E-state index contributed by atoms with van der Waals surface area (Å²) >= 11 is 42.0. The van der Waals surface area contributed by atoms with E-state index in [1.54, 1.807) is 48.5 Å². The zero-order valence-electron chi connectivity index (χ0n) is 20.7. The molecule has 0 aliphatic carbocycles. The van der Waals surface area contributed by atoms with E-state index in [0.717, 1.165) is 22.3 Å². The summed E-state index contributed by atoms with van der Waals surface area (Å²) in [5, 5.41) is 2.43. The lowest BCUT2D eigenvalue weighted by Crippen LogP contribution is -2.09. The number of hydrogen-bond donors (Lipinski definition) is 4. The van der Waals surface area contributed by atoms with Crippen molar-refractivity contribution in [2.75, 3.05) is 0 Å². The predicted molar refractivity (Wildman–Crippen MR) is 189 cm³/mol. The van der Waals surface area contributed by atoms with Crippen LogP contribution in [0.4, 0.5) is 0 Å². The number of rotatable bonds is 4. The van der Waals surface area contributed by atoms with Crippen LogP contribution >= 0.6 is 95.3 Å². The Labute approximate surface area is 275 Å². The van der Waals surface area contributed by atoms with Crippen LogP contribution in [0.15, 0.2) is 97.1 Å². The van der Waals surface area contributed by atoms with Gasteiger partial charge in [0.15, 0.2) is 0 Å². The Bertz CT molecular complexity index is 1260. The maximum atomic E-state index is 5.75. The van der Waals surface area contributed by atoms with Gasteiger partial charge in [-0.3, -0.25) is 0 Å². The van der Waals surface area contributed by atoms with Gasteiger partial charge in [-0.1, -0.05) is 168 Å². The monoisotopic (exact) mass is 684 g/mol. The first-order valence-corrected chi connectivity index (χ1v) is 14.2. The largest absolute Gasteiger partial charge is 0.389 e. The lowest BCUT2D eigenvalue weighted by atomic mass is 10.2. The van der Waals surface area contributed by atoms with Crippen LogP contribution in [0.2, 0.25) is 20.1 Å². The molecule has 208 valence electrons. The van der Waals surface area contributed by atoms with Gasteiger partial charge in [0.1, 0.15) is 20.0 Å². The maximum absolute atomic E-state index is 5.75. The van der Waals surface area contributed by atoms with Gasteiger partial charge in [-0.2, -0.15) is 0 Å². The zero-order chi connectivity index (χ0) is 30.2. The SMILES string of the molecule is NC(=S)c1ccccc1Cl.NC(=S)c1ccccc1Cl.NC(=S)c1ccccc1Cl.NC(=S)c1ccccc1Cl. The van der Waals surface area contributed by atoms with Gasteiger partial charge < -0.3 is 22.9 Å². The molecule has 0 saturated heterocycles. The molecule has 4 nitrogen and oxygen atoms in total. The lowest BCUT2D eigenvalue weighted by molar-refractivity contribution is 1.62. The van der Waals surface area contributed by atoms with Crippen LogP contribution in [0.5, 0.6) is 0 Å². The molecule has 0 atom stereocenters. The summed E-state index contributed by atoms with van der Waals surface area (Å²) in [4.78, 5) is 1.35. The van der Waals surface area contributed by atoms with Crippen molar-refractivity contribution in [2.24, 2.45) is 22.9 Å². The molecule has 4 aromatic carbocycles. The minimum absolute atomic E-state index is 0.339. The summed E-state index contributed by atoms with van der Waals surface area (Å²) in [6.45, 7) is 0. The Morgan fingerprint density at radius 1 is 0.350 bits per heavy atom. The predicted octanol–water partition coefficient (Wildman–Crippen LogP) is 7.90. The smallest absolute Gasteiger partial charge is 0.105 e. The average molecular weight is 687 g/mol. The van der Waals surface area contributed by atoms with Crippen LogP contribution in [-0.4, -0.2) is 20.0 Å². The number of hydrogen-bond acceptors (Lipinski definition) is 4. The zero-order valence-corrected chi connectivity index (χ0v) is 27.0. The fourth-order valence-corrected chi connectivity index (χ4v) is 4.53. The van der Waals surface area contributed by atoms with Gasteiger partial charge in [0.2, 0.25) is 0 Å². The summed E-state index contributed by atoms with van der Waals surface area (Å²) in [5.74, 6) is 0. The Kier molecular flexibility index (Phi) is 16.8. The number of thiocarbonyl (C=S) groups is 4. The minimum atomic E-state index is 0.339. The van der Waals surface area contributed by atoms with Crippen molar-refractivity contribution in [3.63, 3.8) is 0 Å². The van der Waals surface area contributed by atoms with Crippen LogP contribution in [0, 0.1) is 0 Å². The van der Waals surface area contributed by atoms with Crippen molar-refractivity contribution < 1.29 is 0 Å². The molecule has 0 unspecified atom stereocenters. The highest BCUT2D eigenvalue weighted by Crippen LogP contribution is 2.16. The highest BCUT2D eigenvalue weighted by Gasteiger charge is 2.01. The van der Waals surface area contributed by atoms with E-state index in [1.807, 2.05) is 48.5 Å². The molecule has 0 saturated carbocycles. The Hall–Kier alpha value is -2.40. The molecule has 0 heterocycles. The van der Waals surface area contributed by atoms with E-state index in [1.165, 1.54) is 0 Å². The second kappa shape index (κ2) is 18.9. The summed E-state index contributed by atoms with van der Waals surface area (Å²) < 4.78 is 0. The van der Waals surface area contributed by atoms with Crippen molar-refractivity contribution in [1.82, 2.24) is 0 Å². The van der Waals surface area contributed by atoms with E-state index in [4.69, 9.17) is 118 Å². The fourth-order valence-electron chi connectivity index (χ4n) is 2.64. The van der Waals surface area contributed by atoms with Crippen LogP contribution in [0.25, 0.3) is 0 Å². The highest BCUT2D eigenvalue weighted by atomic mass is 35.5. The quantitative estimate of drug-likeness (QED) is 0.161. The summed E-state index contributed by atoms with van der Waals surface area (Å²) in [7, 11) is 0. The molecule has 0 aliphatic rings. The molecule has 12 heteroatoms. The molecule has 4 aromatic rings. The van der Waals surface area contributed by atoms with Crippen LogP contribution in [-0.2, 0) is 0 Å². The van der Waals surface area contributed by atoms with Crippen molar-refractivity contribution in [1.29, 1.82) is 0 Å². The lowest BCUT2D eigenvalue weighted by Gasteiger charge is -1.98. The van der Waals surface area contributed by atoms with Crippen LogP contribution in [0.1, 0.15) is 22.3 Å². The molecule has 40 heavy (non-hydrogen) atoms. The molecule has 0 spiro atoms. The second-order valence-corrected chi connectivity index (χ2v) is 10.8. The third-order valence-electron chi connectivity index (χ3n) is 4.56. The number of benzene rings is 4. The fraction of sp³-hybridized carbons (Fsp3) is 0. The molecule has 0 amide bonds. The maximum Gasteiger partial charge on any atom is 0.105 e. The van der Waals surface area contributed by atoms with E-state index in [2.05, 4.69) is 0 Å². The Balaban J connectivity index is 0.000000267. The number of nitrogens with two attached hydrogens (primary N) is 4. The molecule has 0 fully saturated rings. The van der Waals surface area contributed by atoms with Gasteiger partial charge in [0, 0.05) is 22.3 Å². The standard InChI is InChI=1S/4C7H6ClNS/c4*8-6-4-2-1-3-5(6)7(9)10/h4*1-4H,(H2,9,10). The van der Waals surface area contributed by atoms with Crippen molar-refractivity contribution >= 4 is 115 Å². The molecule has 4 rings (SSSR count). The van der Waals surface area contributed by atoms with Gasteiger partial charge in [-0.05, 0) is 24.3 Å². The normalized spacial score (nSPS) is 9.30. The van der Waals surface area contributed by atoms with Crippen molar-refractivity contribution in [3.05, 3.63) is 139 Å². The first-order chi connectivity index (χ1) is 18.9.